The van der Waals surface area contributed by atoms with Crippen LogP contribution in [0.4, 0.5) is 22.0 Å². The molecule has 0 aliphatic heterocycles. The maximum absolute atomic E-state index is 13.5. The van der Waals surface area contributed by atoms with Crippen LogP contribution in [0.25, 0.3) is 33.9 Å². The van der Waals surface area contributed by atoms with Gasteiger partial charge in [-0.3, -0.25) is 0 Å². The normalized spacial score (nSPS) is 12.0. The lowest BCUT2D eigenvalue weighted by Gasteiger charge is -2.14. The number of halogens is 5. The lowest BCUT2D eigenvalue weighted by Crippen LogP contribution is -2.15. The van der Waals surface area contributed by atoms with E-state index in [9.17, 15) is 38.8 Å². The minimum Gasteiger partial charge on any atom is -0.315 e. The molecule has 0 unspecified atom stereocenters. The van der Waals surface area contributed by atoms with E-state index < -0.39 is 43.4 Å². The molecule has 8 nitrogen and oxygen atoms in total. The molecule has 6 rings (SSSR count). The molecule has 0 radical (unpaired) electrons. The monoisotopic (exact) mass is 700 g/mol. The van der Waals surface area contributed by atoms with Gasteiger partial charge in [-0.25, -0.2) is 35.9 Å². The number of aromatic nitrogens is 2. The van der Waals surface area contributed by atoms with Crippen molar-refractivity contribution in [2.24, 2.45) is 10.3 Å². The summed E-state index contributed by atoms with van der Waals surface area (Å²) >= 11 is 0. The molecule has 248 valence electrons. The summed E-state index contributed by atoms with van der Waals surface area (Å²) in [4.78, 5) is -0.126. The van der Waals surface area contributed by atoms with Crippen LogP contribution in [0.1, 0.15) is 5.56 Å². The molecule has 15 heteroatoms. The zero-order valence-electron chi connectivity index (χ0n) is 24.5. The minimum atomic E-state index is -4.42. The molecule has 0 atom stereocenters. The number of alkyl halides is 3. The fourth-order valence-corrected chi connectivity index (χ4v) is 6.38. The molecule has 0 aliphatic carbocycles. The lowest BCUT2D eigenvalue weighted by molar-refractivity contribution is -0.137. The predicted molar refractivity (Wildman–Crippen MR) is 170 cm³/mol. The third-order valence-corrected chi connectivity index (χ3v) is 9.00. The number of rotatable bonds is 6. The van der Waals surface area contributed by atoms with Gasteiger partial charge in [-0.2, -0.15) is 13.2 Å². The van der Waals surface area contributed by atoms with Crippen molar-refractivity contribution < 1.29 is 38.8 Å². The van der Waals surface area contributed by atoms with E-state index >= 15 is 0 Å². The highest BCUT2D eigenvalue weighted by molar-refractivity contribution is 7.89. The van der Waals surface area contributed by atoms with Crippen molar-refractivity contribution in [2.75, 3.05) is 0 Å². The Morgan fingerprint density at radius 1 is 0.521 bits per heavy atom. The maximum atomic E-state index is 13.5. The highest BCUT2D eigenvalue weighted by Crippen LogP contribution is 2.33. The van der Waals surface area contributed by atoms with Gasteiger partial charge in [0.1, 0.15) is 9.79 Å². The van der Waals surface area contributed by atoms with Crippen molar-refractivity contribution in [3.05, 3.63) is 145 Å². The first kappa shape index (κ1) is 34.3. The van der Waals surface area contributed by atoms with Gasteiger partial charge in [-0.15, -0.1) is 0 Å². The average molecular weight is 701 g/mol. The van der Waals surface area contributed by atoms with Crippen LogP contribution in [0.5, 0.6) is 0 Å². The molecular weight excluding hydrogens is 676 g/mol. The van der Waals surface area contributed by atoms with Crippen LogP contribution < -0.4 is 10.3 Å². The smallest absolute Gasteiger partial charge is 0.315 e. The molecule has 0 spiro atoms. The molecule has 4 N–H and O–H groups in total. The third kappa shape index (κ3) is 7.39. The molecule has 0 aliphatic rings. The van der Waals surface area contributed by atoms with E-state index in [4.69, 9.17) is 10.3 Å². The van der Waals surface area contributed by atoms with E-state index in [-0.39, 0.29) is 9.79 Å². The fraction of sp³-hybridized carbons (Fsp3) is 0.0303. The first-order valence-electron chi connectivity index (χ1n) is 13.8. The Morgan fingerprint density at radius 2 is 0.958 bits per heavy atom. The zero-order chi connectivity index (χ0) is 34.9. The van der Waals surface area contributed by atoms with E-state index in [1.165, 1.54) is 30.3 Å². The SMILES string of the molecule is NS(=O)(=O)c1ccccc1-n1cccc1-c1ccc(C(F)(F)F)cc1.NS(=O)(=O)c1ccccc1-n1cccc1-c1ccc(F)c(F)c1. The zero-order valence-corrected chi connectivity index (χ0v) is 26.1. The summed E-state index contributed by atoms with van der Waals surface area (Å²) < 4.78 is 115. The van der Waals surface area contributed by atoms with E-state index in [0.29, 0.717) is 33.9 Å². The van der Waals surface area contributed by atoms with Crippen molar-refractivity contribution >= 4 is 20.0 Å². The predicted octanol–water partition coefficient (Wildman–Crippen LogP) is 6.88. The minimum absolute atomic E-state index is 0.0555. The van der Waals surface area contributed by atoms with Crippen LogP contribution in [0.15, 0.2) is 137 Å². The Bertz CT molecular complexity index is 2320. The van der Waals surface area contributed by atoms with Crippen LogP contribution in [0.2, 0.25) is 0 Å². The number of sulfonamides is 2. The van der Waals surface area contributed by atoms with Gasteiger partial charge >= 0.3 is 6.18 Å². The second-order valence-electron chi connectivity index (χ2n) is 10.3. The maximum Gasteiger partial charge on any atom is 0.416 e. The Hall–Kier alpha value is -5.09. The number of para-hydroxylation sites is 2. The number of nitrogens with zero attached hydrogens (tertiary/aromatic N) is 2. The van der Waals surface area contributed by atoms with Crippen LogP contribution in [-0.2, 0) is 26.2 Å². The summed E-state index contributed by atoms with van der Waals surface area (Å²) in [6, 6.07) is 27.2. The summed E-state index contributed by atoms with van der Waals surface area (Å²) in [6.45, 7) is 0. The topological polar surface area (TPSA) is 130 Å². The number of hydrogen-bond acceptors (Lipinski definition) is 4. The van der Waals surface area contributed by atoms with Gasteiger partial charge in [-0.05, 0) is 84.4 Å². The quantitative estimate of drug-likeness (QED) is 0.184. The first-order chi connectivity index (χ1) is 22.6. The Morgan fingerprint density at radius 3 is 1.40 bits per heavy atom. The highest BCUT2D eigenvalue weighted by atomic mass is 32.2. The van der Waals surface area contributed by atoms with E-state index in [1.807, 2.05) is 0 Å². The standard InChI is InChI=1S/C17H13F3N2O2S.C16H12F2N2O2S/c18-17(19,20)13-9-7-12(8-10-13)14-5-3-11-22(14)15-4-1-2-6-16(15)25(21,23)24;17-12-8-7-11(10-13(12)18)14-5-3-9-20(14)15-4-1-2-6-16(15)23(19,21)22/h1-11H,(H2,21,23,24);1-10H,(H2,19,21,22). The fourth-order valence-electron chi connectivity index (χ4n) is 4.93. The van der Waals surface area contributed by atoms with Gasteiger partial charge < -0.3 is 9.13 Å². The number of primary sulfonamides is 2. The van der Waals surface area contributed by atoms with Crippen LogP contribution in [0.3, 0.4) is 0 Å². The number of benzene rings is 4. The summed E-state index contributed by atoms with van der Waals surface area (Å²) in [5.41, 5.74) is 1.90. The van der Waals surface area contributed by atoms with Crippen molar-refractivity contribution in [1.82, 2.24) is 9.13 Å². The first-order valence-corrected chi connectivity index (χ1v) is 16.9. The molecule has 0 saturated heterocycles. The molecule has 0 bridgehead atoms. The van der Waals surface area contributed by atoms with Crippen molar-refractivity contribution in [3.8, 4) is 33.9 Å². The molecule has 0 fully saturated rings. The third-order valence-electron chi connectivity index (χ3n) is 7.08. The summed E-state index contributed by atoms with van der Waals surface area (Å²) in [5.74, 6) is -1.92. The summed E-state index contributed by atoms with van der Waals surface area (Å²) in [6.07, 6.45) is -1.17. The summed E-state index contributed by atoms with van der Waals surface area (Å²) in [7, 11) is -7.88. The molecular formula is C33H25F5N4O4S2. The second kappa shape index (κ2) is 13.2. The van der Waals surface area contributed by atoms with Crippen LogP contribution in [-0.4, -0.2) is 26.0 Å². The van der Waals surface area contributed by atoms with Crippen molar-refractivity contribution in [1.29, 1.82) is 0 Å². The van der Waals surface area contributed by atoms with Crippen molar-refractivity contribution in [3.63, 3.8) is 0 Å². The van der Waals surface area contributed by atoms with Crippen LogP contribution >= 0.6 is 0 Å². The average Bonchev–Trinajstić information content (AvgIpc) is 3.72. The van der Waals surface area contributed by atoms with E-state index in [1.54, 1.807) is 82.2 Å². The molecule has 2 aromatic heterocycles. The van der Waals surface area contributed by atoms with Gasteiger partial charge in [0, 0.05) is 18.0 Å². The largest absolute Gasteiger partial charge is 0.416 e. The molecule has 0 amide bonds. The lowest BCUT2D eigenvalue weighted by atomic mass is 10.1. The van der Waals surface area contributed by atoms with Gasteiger partial charge in [0.2, 0.25) is 20.0 Å². The molecule has 2 heterocycles. The van der Waals surface area contributed by atoms with E-state index in [2.05, 4.69) is 0 Å². The second-order valence-corrected chi connectivity index (χ2v) is 13.3. The molecule has 4 aromatic carbocycles. The Kier molecular flexibility index (Phi) is 9.42. The molecule has 0 saturated carbocycles. The Labute approximate surface area is 272 Å². The highest BCUT2D eigenvalue weighted by Gasteiger charge is 2.30. The summed E-state index contributed by atoms with van der Waals surface area (Å²) in [5, 5.41) is 10.5. The van der Waals surface area contributed by atoms with Gasteiger partial charge in [0.15, 0.2) is 11.6 Å². The molecule has 6 aromatic rings. The van der Waals surface area contributed by atoms with Gasteiger partial charge in [-0.1, -0.05) is 36.4 Å². The number of nitrogens with two attached hydrogens (primary N) is 2. The van der Waals surface area contributed by atoms with Crippen LogP contribution in [0, 0.1) is 11.6 Å². The van der Waals surface area contributed by atoms with E-state index in [0.717, 1.165) is 24.3 Å². The Balaban J connectivity index is 0.000000188. The van der Waals surface area contributed by atoms with Gasteiger partial charge in [0.25, 0.3) is 0 Å². The van der Waals surface area contributed by atoms with Crippen molar-refractivity contribution in [2.45, 2.75) is 16.0 Å². The van der Waals surface area contributed by atoms with Gasteiger partial charge in [0.05, 0.1) is 28.3 Å². The number of hydrogen-bond donors (Lipinski definition) is 2. The molecule has 48 heavy (non-hydrogen) atoms.